The van der Waals surface area contributed by atoms with Crippen LogP contribution >= 0.6 is 0 Å². The van der Waals surface area contributed by atoms with Crippen molar-refractivity contribution in [3.05, 3.63) is 54.2 Å². The zero-order valence-corrected chi connectivity index (χ0v) is 12.4. The van der Waals surface area contributed by atoms with Gasteiger partial charge in [-0.25, -0.2) is 4.98 Å². The number of rotatable bonds is 2. The predicted octanol–water partition coefficient (Wildman–Crippen LogP) is 2.99. The van der Waals surface area contributed by atoms with Crippen LogP contribution in [0, 0.1) is 6.92 Å². The fraction of sp³-hybridized carbons (Fsp3) is 0.250. The highest BCUT2D eigenvalue weighted by Gasteiger charge is 1.99. The molecule has 0 atom stereocenters. The quantitative estimate of drug-likeness (QED) is 0.723. The Morgan fingerprint density at radius 3 is 2.33 bits per heavy atom. The lowest BCUT2D eigenvalue weighted by Crippen LogP contribution is -1.95. The topological polar surface area (TPSA) is 60.8 Å². The van der Waals surface area contributed by atoms with Crippen molar-refractivity contribution < 1.29 is 4.74 Å². The van der Waals surface area contributed by atoms with Gasteiger partial charge in [-0.3, -0.25) is 15.0 Å². The Morgan fingerprint density at radius 2 is 1.67 bits per heavy atom. The Bertz CT molecular complexity index is 687. The van der Waals surface area contributed by atoms with E-state index in [1.165, 1.54) is 5.56 Å². The van der Waals surface area contributed by atoms with Gasteiger partial charge in [-0.15, -0.1) is 0 Å². The molecule has 2 aromatic heterocycles. The van der Waals surface area contributed by atoms with Gasteiger partial charge in [-0.05, 0) is 25.0 Å². The van der Waals surface area contributed by atoms with Crippen molar-refractivity contribution in [3.8, 4) is 5.88 Å². The Labute approximate surface area is 124 Å². The maximum absolute atomic E-state index is 4.96. The number of para-hydroxylation sites is 1. The van der Waals surface area contributed by atoms with E-state index in [1.807, 2.05) is 32.0 Å². The molecule has 0 amide bonds. The van der Waals surface area contributed by atoms with Gasteiger partial charge in [-0.1, -0.05) is 19.1 Å². The van der Waals surface area contributed by atoms with Gasteiger partial charge in [0.15, 0.2) is 0 Å². The summed E-state index contributed by atoms with van der Waals surface area (Å²) in [6.45, 7) is 4.06. The van der Waals surface area contributed by atoms with Gasteiger partial charge in [0.1, 0.15) is 5.69 Å². The summed E-state index contributed by atoms with van der Waals surface area (Å²) in [5.74, 6) is 0.630. The lowest BCUT2D eigenvalue weighted by atomic mass is 10.2. The smallest absolute Gasteiger partial charge is 0.235 e. The average molecular weight is 282 g/mol. The summed E-state index contributed by atoms with van der Waals surface area (Å²) in [5, 5.41) is 0. The van der Waals surface area contributed by atoms with Crippen molar-refractivity contribution in [1.82, 2.24) is 19.9 Å². The molecule has 0 aliphatic carbocycles. The van der Waals surface area contributed by atoms with Crippen molar-refractivity contribution >= 4 is 11.0 Å². The van der Waals surface area contributed by atoms with Gasteiger partial charge in [0.2, 0.25) is 5.88 Å². The summed E-state index contributed by atoms with van der Waals surface area (Å²) in [5.41, 5.74) is 4.04. The summed E-state index contributed by atoms with van der Waals surface area (Å²) >= 11 is 0. The van der Waals surface area contributed by atoms with Crippen LogP contribution < -0.4 is 4.74 Å². The van der Waals surface area contributed by atoms with E-state index in [1.54, 1.807) is 31.9 Å². The van der Waals surface area contributed by atoms with Gasteiger partial charge in [0.25, 0.3) is 0 Å². The average Bonchev–Trinajstić information content (AvgIpc) is 2.56. The summed E-state index contributed by atoms with van der Waals surface area (Å²) in [6, 6.07) is 6.00. The zero-order valence-electron chi connectivity index (χ0n) is 12.4. The van der Waals surface area contributed by atoms with E-state index in [2.05, 4.69) is 19.9 Å². The molecule has 3 aromatic rings. The highest BCUT2D eigenvalue weighted by molar-refractivity contribution is 5.76. The zero-order chi connectivity index (χ0) is 15.1. The van der Waals surface area contributed by atoms with Gasteiger partial charge in [0, 0.05) is 24.8 Å². The maximum atomic E-state index is 4.96. The first-order valence-electron chi connectivity index (χ1n) is 6.76. The van der Waals surface area contributed by atoms with Crippen LogP contribution in [0.5, 0.6) is 5.88 Å². The molecule has 0 aliphatic heterocycles. The lowest BCUT2D eigenvalue weighted by Gasteiger charge is -2.01. The van der Waals surface area contributed by atoms with E-state index in [9.17, 15) is 0 Å². The third-order valence-electron chi connectivity index (χ3n) is 2.96. The van der Waals surface area contributed by atoms with Crippen molar-refractivity contribution in [2.45, 2.75) is 20.3 Å². The molecule has 0 unspecified atom stereocenters. The first kappa shape index (κ1) is 14.8. The molecule has 5 heteroatoms. The fourth-order valence-corrected chi connectivity index (χ4v) is 1.90. The maximum Gasteiger partial charge on any atom is 0.235 e. The molecule has 0 saturated carbocycles. The number of aryl methyl sites for hydroxylation is 2. The summed E-state index contributed by atoms with van der Waals surface area (Å²) in [4.78, 5) is 16.5. The second kappa shape index (κ2) is 7.28. The van der Waals surface area contributed by atoms with Crippen molar-refractivity contribution in [2.75, 3.05) is 7.11 Å². The number of hydrogen-bond acceptors (Lipinski definition) is 5. The van der Waals surface area contributed by atoms with Crippen molar-refractivity contribution in [1.29, 1.82) is 0 Å². The van der Waals surface area contributed by atoms with Crippen LogP contribution in [0.4, 0.5) is 0 Å². The first-order valence-corrected chi connectivity index (χ1v) is 6.76. The number of fused-ring (bicyclic) bond motifs is 1. The highest BCUT2D eigenvalue weighted by atomic mass is 16.5. The number of benzene rings is 1. The molecule has 21 heavy (non-hydrogen) atoms. The van der Waals surface area contributed by atoms with Crippen LogP contribution in [0.25, 0.3) is 11.0 Å². The standard InChI is InChI=1S/C9H8N2.C7H10N2O/c1-7-3-2-4-8-9(7)11-6-5-10-8;1-3-6-7(10-2)9-5-4-8-6/h2-6H,1H3;4-5H,3H2,1-2H3. The number of nitrogens with zero attached hydrogens (tertiary/aromatic N) is 4. The van der Waals surface area contributed by atoms with Crippen LogP contribution in [0.15, 0.2) is 43.0 Å². The molecule has 0 fully saturated rings. The summed E-state index contributed by atoms with van der Waals surface area (Å²) in [6.07, 6.45) is 7.58. The van der Waals surface area contributed by atoms with Crippen LogP contribution in [0.2, 0.25) is 0 Å². The molecular weight excluding hydrogens is 264 g/mol. The normalized spacial score (nSPS) is 9.86. The molecule has 0 spiro atoms. The largest absolute Gasteiger partial charge is 0.480 e. The molecule has 0 aliphatic rings. The van der Waals surface area contributed by atoms with Crippen LogP contribution in [-0.2, 0) is 6.42 Å². The number of hydrogen-bond donors (Lipinski definition) is 0. The Morgan fingerprint density at radius 1 is 0.952 bits per heavy atom. The van der Waals surface area contributed by atoms with E-state index < -0.39 is 0 Å². The molecule has 3 rings (SSSR count). The molecule has 5 nitrogen and oxygen atoms in total. The van der Waals surface area contributed by atoms with E-state index >= 15 is 0 Å². The minimum atomic E-state index is 0.630. The lowest BCUT2D eigenvalue weighted by molar-refractivity contribution is 0.390. The first-order chi connectivity index (χ1) is 10.3. The monoisotopic (exact) mass is 282 g/mol. The van der Waals surface area contributed by atoms with Gasteiger partial charge < -0.3 is 4.74 Å². The summed E-state index contributed by atoms with van der Waals surface area (Å²) in [7, 11) is 1.60. The molecular formula is C16H18N4O. The number of ether oxygens (including phenoxy) is 1. The van der Waals surface area contributed by atoms with Gasteiger partial charge >= 0.3 is 0 Å². The number of aromatic nitrogens is 4. The molecule has 108 valence electrons. The van der Waals surface area contributed by atoms with Crippen molar-refractivity contribution in [3.63, 3.8) is 0 Å². The molecule has 0 bridgehead atoms. The Balaban J connectivity index is 0.000000155. The fourth-order valence-electron chi connectivity index (χ4n) is 1.90. The van der Waals surface area contributed by atoms with Crippen LogP contribution in [0.3, 0.4) is 0 Å². The third kappa shape index (κ3) is 3.72. The minimum Gasteiger partial charge on any atom is -0.480 e. The SMILES string of the molecule is CCc1nccnc1OC.Cc1cccc2nccnc12. The van der Waals surface area contributed by atoms with Crippen molar-refractivity contribution in [2.24, 2.45) is 0 Å². The molecule has 0 radical (unpaired) electrons. The molecule has 1 aromatic carbocycles. The molecule has 0 saturated heterocycles. The summed E-state index contributed by atoms with van der Waals surface area (Å²) < 4.78 is 4.96. The van der Waals surface area contributed by atoms with E-state index in [-0.39, 0.29) is 0 Å². The third-order valence-corrected chi connectivity index (χ3v) is 2.96. The van der Waals surface area contributed by atoms with Crippen LogP contribution in [0.1, 0.15) is 18.2 Å². The van der Waals surface area contributed by atoms with E-state index in [0.29, 0.717) is 5.88 Å². The Hall–Kier alpha value is -2.56. The second-order valence-electron chi connectivity index (χ2n) is 4.36. The molecule has 0 N–H and O–H groups in total. The van der Waals surface area contributed by atoms with E-state index in [0.717, 1.165) is 23.1 Å². The Kier molecular flexibility index (Phi) is 5.15. The highest BCUT2D eigenvalue weighted by Crippen LogP contribution is 2.11. The second-order valence-corrected chi connectivity index (χ2v) is 4.36. The van der Waals surface area contributed by atoms with Gasteiger partial charge in [-0.2, -0.15) is 0 Å². The number of methoxy groups -OCH3 is 1. The predicted molar refractivity (Wildman–Crippen MR) is 82.2 cm³/mol. The van der Waals surface area contributed by atoms with E-state index in [4.69, 9.17) is 4.74 Å². The molecule has 2 heterocycles. The van der Waals surface area contributed by atoms with Crippen LogP contribution in [-0.4, -0.2) is 27.0 Å². The minimum absolute atomic E-state index is 0.630. The van der Waals surface area contributed by atoms with Gasteiger partial charge in [0.05, 0.1) is 18.1 Å².